The third-order valence-electron chi connectivity index (χ3n) is 4.50. The Hall–Kier alpha value is -0.800. The van der Waals surface area contributed by atoms with E-state index in [1.54, 1.807) is 0 Å². The summed E-state index contributed by atoms with van der Waals surface area (Å²) in [5, 5.41) is 3.42. The second-order valence-electron chi connectivity index (χ2n) is 6.70. The Morgan fingerprint density at radius 1 is 1.29 bits per heavy atom. The van der Waals surface area contributed by atoms with E-state index in [4.69, 9.17) is 4.42 Å². The van der Waals surface area contributed by atoms with Crippen LogP contribution < -0.4 is 5.32 Å². The topological polar surface area (TPSA) is 28.4 Å². The zero-order chi connectivity index (χ0) is 15.1. The number of nitrogens with zero attached hydrogens (tertiary/aromatic N) is 1. The van der Waals surface area contributed by atoms with Crippen molar-refractivity contribution in [1.82, 2.24) is 10.2 Å². The summed E-state index contributed by atoms with van der Waals surface area (Å²) < 4.78 is 6.02. The lowest BCUT2D eigenvalue weighted by molar-refractivity contribution is 0.214. The highest BCUT2D eigenvalue weighted by atomic mass is 16.3. The Morgan fingerprint density at radius 3 is 2.76 bits per heavy atom. The molecule has 0 atom stereocenters. The Bertz CT molecular complexity index is 407. The van der Waals surface area contributed by atoms with Gasteiger partial charge in [0.05, 0.1) is 13.1 Å². The van der Waals surface area contributed by atoms with E-state index in [9.17, 15) is 0 Å². The van der Waals surface area contributed by atoms with E-state index in [0.29, 0.717) is 0 Å². The number of furan rings is 1. The molecule has 0 amide bonds. The molecule has 2 rings (SSSR count). The highest BCUT2D eigenvalue weighted by Crippen LogP contribution is 2.25. The van der Waals surface area contributed by atoms with Crippen LogP contribution in [-0.2, 0) is 13.1 Å². The highest BCUT2D eigenvalue weighted by molar-refractivity contribution is 5.20. The summed E-state index contributed by atoms with van der Waals surface area (Å²) >= 11 is 0. The van der Waals surface area contributed by atoms with Crippen LogP contribution in [0.3, 0.4) is 0 Å². The fraction of sp³-hybridized carbons (Fsp3) is 0.778. The van der Waals surface area contributed by atoms with E-state index in [-0.39, 0.29) is 0 Å². The summed E-state index contributed by atoms with van der Waals surface area (Å²) in [5.41, 5.74) is 1.28. The highest BCUT2D eigenvalue weighted by Gasteiger charge is 2.16. The van der Waals surface area contributed by atoms with Crippen molar-refractivity contribution in [2.24, 2.45) is 5.92 Å². The predicted molar refractivity (Wildman–Crippen MR) is 88.4 cm³/mol. The Labute approximate surface area is 130 Å². The smallest absolute Gasteiger partial charge is 0.120 e. The first kappa shape index (κ1) is 16.6. The number of hydrogen-bond acceptors (Lipinski definition) is 3. The molecule has 1 aliphatic rings. The van der Waals surface area contributed by atoms with Gasteiger partial charge in [-0.1, -0.05) is 26.2 Å². The lowest BCUT2D eigenvalue weighted by Gasteiger charge is -2.26. The molecule has 0 spiro atoms. The lowest BCUT2D eigenvalue weighted by atomic mass is 9.89. The molecule has 3 nitrogen and oxygen atoms in total. The fourth-order valence-corrected chi connectivity index (χ4v) is 3.36. The van der Waals surface area contributed by atoms with Gasteiger partial charge in [0.15, 0.2) is 0 Å². The molecular weight excluding hydrogens is 260 g/mol. The van der Waals surface area contributed by atoms with Gasteiger partial charge in [0.25, 0.3) is 0 Å². The van der Waals surface area contributed by atoms with Crippen molar-refractivity contribution in [3.63, 3.8) is 0 Å². The molecule has 1 saturated carbocycles. The fourth-order valence-electron chi connectivity index (χ4n) is 3.36. The number of aryl methyl sites for hydroxylation is 1. The predicted octanol–water partition coefficient (Wildman–Crippen LogP) is 4.10. The van der Waals surface area contributed by atoms with Crippen molar-refractivity contribution in [2.75, 3.05) is 20.1 Å². The molecule has 120 valence electrons. The summed E-state index contributed by atoms with van der Waals surface area (Å²) in [7, 11) is 2.22. The van der Waals surface area contributed by atoms with Gasteiger partial charge >= 0.3 is 0 Å². The number of nitrogens with one attached hydrogen (secondary N) is 1. The van der Waals surface area contributed by atoms with Crippen molar-refractivity contribution < 1.29 is 4.42 Å². The zero-order valence-electron chi connectivity index (χ0n) is 14.1. The van der Waals surface area contributed by atoms with Gasteiger partial charge in [-0.25, -0.2) is 0 Å². The van der Waals surface area contributed by atoms with Crippen LogP contribution in [0.1, 0.15) is 62.5 Å². The van der Waals surface area contributed by atoms with Gasteiger partial charge in [0, 0.05) is 6.54 Å². The van der Waals surface area contributed by atoms with Crippen LogP contribution in [0.25, 0.3) is 0 Å². The molecule has 1 aromatic heterocycles. The van der Waals surface area contributed by atoms with Crippen LogP contribution in [0.15, 0.2) is 10.5 Å². The van der Waals surface area contributed by atoms with Crippen molar-refractivity contribution in [2.45, 2.75) is 65.5 Å². The number of rotatable bonds is 8. The molecule has 1 aromatic rings. The molecule has 0 unspecified atom stereocenters. The van der Waals surface area contributed by atoms with Crippen molar-refractivity contribution in [1.29, 1.82) is 0 Å². The molecule has 3 heteroatoms. The van der Waals surface area contributed by atoms with Crippen molar-refractivity contribution in [3.8, 4) is 0 Å². The van der Waals surface area contributed by atoms with E-state index in [2.05, 4.69) is 37.2 Å². The number of hydrogen-bond donors (Lipinski definition) is 1. The Balaban J connectivity index is 1.79. The van der Waals surface area contributed by atoms with Crippen LogP contribution in [0, 0.1) is 12.8 Å². The maximum absolute atomic E-state index is 6.02. The first-order valence-electron chi connectivity index (χ1n) is 8.66. The van der Waals surface area contributed by atoms with E-state index in [1.807, 2.05) is 0 Å². The Kier molecular flexibility index (Phi) is 6.78. The molecule has 0 radical (unpaired) electrons. The molecule has 1 aliphatic carbocycles. The van der Waals surface area contributed by atoms with Crippen molar-refractivity contribution >= 4 is 0 Å². The summed E-state index contributed by atoms with van der Waals surface area (Å²) in [4.78, 5) is 2.43. The summed E-state index contributed by atoms with van der Waals surface area (Å²) in [6, 6.07) is 2.21. The van der Waals surface area contributed by atoms with E-state index in [1.165, 1.54) is 44.2 Å². The maximum atomic E-state index is 6.02. The maximum Gasteiger partial charge on any atom is 0.120 e. The van der Waals surface area contributed by atoms with Crippen molar-refractivity contribution in [3.05, 3.63) is 23.2 Å². The normalized spacial score (nSPS) is 16.8. The summed E-state index contributed by atoms with van der Waals surface area (Å²) in [5.74, 6) is 3.11. The van der Waals surface area contributed by atoms with Gasteiger partial charge in [-0.05, 0) is 57.3 Å². The van der Waals surface area contributed by atoms with Gasteiger partial charge in [0.2, 0.25) is 0 Å². The largest absolute Gasteiger partial charge is 0.463 e. The quantitative estimate of drug-likeness (QED) is 0.731. The minimum absolute atomic E-state index is 0.853. The molecule has 21 heavy (non-hydrogen) atoms. The van der Waals surface area contributed by atoms with E-state index < -0.39 is 0 Å². The van der Waals surface area contributed by atoms with Crippen LogP contribution >= 0.6 is 0 Å². The van der Waals surface area contributed by atoms with E-state index in [0.717, 1.165) is 43.5 Å². The summed E-state index contributed by atoms with van der Waals surface area (Å²) in [6.45, 7) is 8.39. The zero-order valence-corrected chi connectivity index (χ0v) is 14.1. The molecule has 1 N–H and O–H groups in total. The monoisotopic (exact) mass is 292 g/mol. The van der Waals surface area contributed by atoms with Crippen LogP contribution in [0.2, 0.25) is 0 Å². The SMILES string of the molecule is CCCNCc1oc(CN(C)CC2CCCCC2)cc1C. The van der Waals surface area contributed by atoms with Gasteiger partial charge in [-0.2, -0.15) is 0 Å². The first-order chi connectivity index (χ1) is 10.2. The first-order valence-corrected chi connectivity index (χ1v) is 8.66. The average Bonchev–Trinajstić information content (AvgIpc) is 2.80. The van der Waals surface area contributed by atoms with Crippen LogP contribution in [-0.4, -0.2) is 25.0 Å². The standard InChI is InChI=1S/C18H32N2O/c1-4-10-19-12-18-15(2)11-17(21-18)14-20(3)13-16-8-6-5-7-9-16/h11,16,19H,4-10,12-14H2,1-3H3. The Morgan fingerprint density at radius 2 is 2.05 bits per heavy atom. The third-order valence-corrected chi connectivity index (χ3v) is 4.50. The van der Waals surface area contributed by atoms with Gasteiger partial charge in [-0.15, -0.1) is 0 Å². The molecule has 0 bridgehead atoms. The minimum Gasteiger partial charge on any atom is -0.463 e. The minimum atomic E-state index is 0.853. The van der Waals surface area contributed by atoms with Gasteiger partial charge < -0.3 is 9.73 Å². The van der Waals surface area contributed by atoms with Gasteiger partial charge in [0.1, 0.15) is 11.5 Å². The molecule has 0 saturated heterocycles. The molecule has 0 aromatic carbocycles. The van der Waals surface area contributed by atoms with Gasteiger partial charge in [-0.3, -0.25) is 4.90 Å². The molecule has 1 fully saturated rings. The van der Waals surface area contributed by atoms with Crippen LogP contribution in [0.5, 0.6) is 0 Å². The average molecular weight is 292 g/mol. The molecular formula is C18H32N2O. The molecule has 0 aliphatic heterocycles. The second-order valence-corrected chi connectivity index (χ2v) is 6.70. The summed E-state index contributed by atoms with van der Waals surface area (Å²) in [6.07, 6.45) is 8.26. The van der Waals surface area contributed by atoms with E-state index >= 15 is 0 Å². The lowest BCUT2D eigenvalue weighted by Crippen LogP contribution is -2.26. The molecule has 1 heterocycles. The second kappa shape index (κ2) is 8.60. The van der Waals surface area contributed by atoms with Crippen LogP contribution in [0.4, 0.5) is 0 Å². The third kappa shape index (κ3) is 5.48.